The molecule has 90 valence electrons. The second-order valence-electron chi connectivity index (χ2n) is 4.11. The number of rotatable bonds is 6. The highest BCUT2D eigenvalue weighted by Gasteiger charge is 2.04. The molecule has 0 saturated heterocycles. The summed E-state index contributed by atoms with van der Waals surface area (Å²) in [6.45, 7) is 13.8. The van der Waals surface area contributed by atoms with Crippen molar-refractivity contribution in [1.82, 2.24) is 0 Å². The maximum absolute atomic E-state index is 4.05. The first-order chi connectivity index (χ1) is 8.17. The predicted molar refractivity (Wildman–Crippen MR) is 77.5 cm³/mol. The number of hydrogen-bond donors (Lipinski definition) is 0. The van der Waals surface area contributed by atoms with Gasteiger partial charge in [-0.1, -0.05) is 43.5 Å². The van der Waals surface area contributed by atoms with Crippen molar-refractivity contribution in [3.05, 3.63) is 66.8 Å². The molecule has 0 heterocycles. The van der Waals surface area contributed by atoms with E-state index in [1.807, 2.05) is 12.2 Å². The Bertz CT molecular complexity index is 415. The van der Waals surface area contributed by atoms with E-state index in [4.69, 9.17) is 0 Å². The van der Waals surface area contributed by atoms with E-state index in [0.717, 1.165) is 18.7 Å². The average molecular weight is 227 g/mol. The van der Waals surface area contributed by atoms with Crippen LogP contribution in [-0.2, 0) is 0 Å². The zero-order chi connectivity index (χ0) is 12.7. The Morgan fingerprint density at radius 2 is 2.18 bits per heavy atom. The van der Waals surface area contributed by atoms with E-state index in [1.165, 1.54) is 11.3 Å². The Hall–Kier alpha value is -1.76. The van der Waals surface area contributed by atoms with Gasteiger partial charge in [-0.2, -0.15) is 0 Å². The number of nitrogens with zero attached hydrogens (tertiary/aromatic N) is 1. The number of hydrogen-bond acceptors (Lipinski definition) is 1. The lowest BCUT2D eigenvalue weighted by molar-refractivity contribution is 0.890. The van der Waals surface area contributed by atoms with Gasteiger partial charge >= 0.3 is 0 Å². The van der Waals surface area contributed by atoms with Crippen LogP contribution in [0.2, 0.25) is 0 Å². The Balaban J connectivity index is 2.75. The smallest absolute Gasteiger partial charge is 0.0423 e. The maximum Gasteiger partial charge on any atom is 0.0423 e. The zero-order valence-electron chi connectivity index (χ0n) is 10.8. The molecule has 0 fully saturated rings. The van der Waals surface area contributed by atoms with Gasteiger partial charge in [0, 0.05) is 18.8 Å². The quantitative estimate of drug-likeness (QED) is 0.661. The van der Waals surface area contributed by atoms with E-state index in [1.54, 1.807) is 6.08 Å². The van der Waals surface area contributed by atoms with Gasteiger partial charge in [-0.15, -0.1) is 0 Å². The first-order valence-corrected chi connectivity index (χ1v) is 5.96. The fourth-order valence-electron chi connectivity index (χ4n) is 1.71. The molecule has 1 nitrogen and oxygen atoms in total. The third-order valence-corrected chi connectivity index (χ3v) is 2.61. The Morgan fingerprint density at radius 1 is 1.41 bits per heavy atom. The van der Waals surface area contributed by atoms with Crippen molar-refractivity contribution in [1.29, 1.82) is 0 Å². The molecule has 1 heteroatoms. The molecule has 0 aliphatic heterocycles. The summed E-state index contributed by atoms with van der Waals surface area (Å²) in [7, 11) is 0. The van der Waals surface area contributed by atoms with E-state index in [0.29, 0.717) is 0 Å². The van der Waals surface area contributed by atoms with E-state index in [-0.39, 0.29) is 0 Å². The monoisotopic (exact) mass is 227 g/mol. The number of allylic oxidation sites excluding steroid dienone is 2. The first kappa shape index (κ1) is 13.3. The minimum Gasteiger partial charge on any atom is -0.367 e. The van der Waals surface area contributed by atoms with E-state index in [9.17, 15) is 0 Å². The number of aryl methyl sites for hydroxylation is 1. The lowest BCUT2D eigenvalue weighted by Crippen LogP contribution is -2.24. The third-order valence-electron chi connectivity index (χ3n) is 2.61. The fourth-order valence-corrected chi connectivity index (χ4v) is 1.71. The van der Waals surface area contributed by atoms with Gasteiger partial charge in [0.1, 0.15) is 0 Å². The summed E-state index contributed by atoms with van der Waals surface area (Å²) >= 11 is 0. The molecule has 0 radical (unpaired) electrons. The largest absolute Gasteiger partial charge is 0.367 e. The molecule has 1 aromatic carbocycles. The molecule has 0 N–H and O–H groups in total. The molecule has 0 atom stereocenters. The highest BCUT2D eigenvalue weighted by molar-refractivity contribution is 5.50. The molecule has 0 aromatic heterocycles. The van der Waals surface area contributed by atoms with Crippen molar-refractivity contribution in [3.8, 4) is 0 Å². The van der Waals surface area contributed by atoms with Crippen LogP contribution in [0.25, 0.3) is 0 Å². The lowest BCUT2D eigenvalue weighted by Gasteiger charge is -2.23. The molecule has 0 aliphatic carbocycles. The molecule has 1 aromatic rings. The van der Waals surface area contributed by atoms with Gasteiger partial charge in [-0.3, -0.25) is 0 Å². The molecule has 0 amide bonds. The molecule has 1 rings (SSSR count). The van der Waals surface area contributed by atoms with Crippen molar-refractivity contribution < 1.29 is 0 Å². The predicted octanol–water partition coefficient (Wildman–Crippen LogP) is 4.12. The normalized spacial score (nSPS) is 10.5. The van der Waals surface area contributed by atoms with Crippen molar-refractivity contribution in [2.45, 2.75) is 13.8 Å². The first-order valence-electron chi connectivity index (χ1n) is 5.96. The average Bonchev–Trinajstić information content (AvgIpc) is 2.33. The molecule has 0 saturated carbocycles. The molecule has 0 unspecified atom stereocenters. The Morgan fingerprint density at radius 3 is 2.76 bits per heavy atom. The highest BCUT2D eigenvalue weighted by atomic mass is 15.1. The van der Waals surface area contributed by atoms with Crippen LogP contribution in [-0.4, -0.2) is 13.1 Å². The summed E-state index contributed by atoms with van der Waals surface area (Å²) in [6, 6.07) is 8.55. The van der Waals surface area contributed by atoms with Gasteiger partial charge in [0.25, 0.3) is 0 Å². The van der Waals surface area contributed by atoms with Crippen LogP contribution >= 0.6 is 0 Å². The summed E-state index contributed by atoms with van der Waals surface area (Å²) in [6.07, 6.45) is 5.70. The second kappa shape index (κ2) is 6.74. The third kappa shape index (κ3) is 4.31. The number of likely N-dealkylation sites (N-methyl/N-ethyl adjacent to an activating group) is 1. The SMILES string of the molecule is C=C/C=C\C(=C)CN(CC)c1cccc(C)c1. The van der Waals surface area contributed by atoms with Gasteiger partial charge < -0.3 is 4.90 Å². The highest BCUT2D eigenvalue weighted by Crippen LogP contribution is 2.16. The van der Waals surface area contributed by atoms with Crippen molar-refractivity contribution in [3.63, 3.8) is 0 Å². The van der Waals surface area contributed by atoms with Crippen LogP contribution in [0, 0.1) is 6.92 Å². The molecular weight excluding hydrogens is 206 g/mol. The summed E-state index contributed by atoms with van der Waals surface area (Å²) < 4.78 is 0. The van der Waals surface area contributed by atoms with E-state index >= 15 is 0 Å². The Labute approximate surface area is 105 Å². The summed E-state index contributed by atoms with van der Waals surface area (Å²) in [5, 5.41) is 0. The minimum absolute atomic E-state index is 0.851. The molecule has 0 bridgehead atoms. The molecule has 0 spiro atoms. The van der Waals surface area contributed by atoms with Crippen LogP contribution in [0.5, 0.6) is 0 Å². The zero-order valence-corrected chi connectivity index (χ0v) is 10.8. The standard InChI is InChI=1S/C16H21N/c1-5-7-9-15(4)13-17(6-2)16-11-8-10-14(3)12-16/h5,7-12H,1,4,6,13H2,2-3H3/b9-7-. The van der Waals surface area contributed by atoms with E-state index < -0.39 is 0 Å². The van der Waals surface area contributed by atoms with Crippen LogP contribution < -0.4 is 4.90 Å². The van der Waals surface area contributed by atoms with E-state index in [2.05, 4.69) is 56.2 Å². The van der Waals surface area contributed by atoms with Crippen molar-refractivity contribution in [2.24, 2.45) is 0 Å². The summed E-state index contributed by atoms with van der Waals surface area (Å²) in [4.78, 5) is 2.31. The molecule has 17 heavy (non-hydrogen) atoms. The Kier molecular flexibility index (Phi) is 5.28. The van der Waals surface area contributed by atoms with Gasteiger partial charge in [0.2, 0.25) is 0 Å². The lowest BCUT2D eigenvalue weighted by atomic mass is 10.2. The fraction of sp³-hybridized carbons (Fsp3) is 0.250. The topological polar surface area (TPSA) is 3.24 Å². The summed E-state index contributed by atoms with van der Waals surface area (Å²) in [5.74, 6) is 0. The summed E-state index contributed by atoms with van der Waals surface area (Å²) in [5.41, 5.74) is 3.63. The van der Waals surface area contributed by atoms with Gasteiger partial charge in [-0.05, 0) is 37.1 Å². The van der Waals surface area contributed by atoms with Gasteiger partial charge in [0.05, 0.1) is 0 Å². The number of benzene rings is 1. The van der Waals surface area contributed by atoms with Gasteiger partial charge in [0.15, 0.2) is 0 Å². The van der Waals surface area contributed by atoms with Crippen LogP contribution in [0.15, 0.2) is 61.2 Å². The maximum atomic E-state index is 4.05. The van der Waals surface area contributed by atoms with Gasteiger partial charge in [-0.25, -0.2) is 0 Å². The molecule has 0 aliphatic rings. The molecular formula is C16H21N. The van der Waals surface area contributed by atoms with Crippen molar-refractivity contribution in [2.75, 3.05) is 18.0 Å². The second-order valence-corrected chi connectivity index (χ2v) is 4.11. The number of anilines is 1. The van der Waals surface area contributed by atoms with Crippen LogP contribution in [0.1, 0.15) is 12.5 Å². The van der Waals surface area contributed by atoms with Crippen LogP contribution in [0.4, 0.5) is 5.69 Å². The minimum atomic E-state index is 0.851. The van der Waals surface area contributed by atoms with Crippen molar-refractivity contribution >= 4 is 5.69 Å². The van der Waals surface area contributed by atoms with Crippen LogP contribution in [0.3, 0.4) is 0 Å².